The number of aromatic nitrogens is 1. The number of aryl methyl sites for hydroxylation is 2. The Bertz CT molecular complexity index is 967. The monoisotopic (exact) mass is 340 g/mol. The lowest BCUT2D eigenvalue weighted by Gasteiger charge is -2.15. The van der Waals surface area contributed by atoms with E-state index in [1.807, 2.05) is 25.1 Å². The van der Waals surface area contributed by atoms with Crippen molar-refractivity contribution < 1.29 is 8.42 Å². The van der Waals surface area contributed by atoms with Gasteiger partial charge in [-0.3, -0.25) is 4.72 Å². The maximum atomic E-state index is 12.9. The molecule has 0 amide bonds. The molecule has 0 bridgehead atoms. The van der Waals surface area contributed by atoms with E-state index < -0.39 is 10.0 Å². The number of fused-ring (bicyclic) bond motifs is 1. The van der Waals surface area contributed by atoms with Crippen molar-refractivity contribution in [2.75, 3.05) is 4.72 Å². The van der Waals surface area contributed by atoms with Gasteiger partial charge >= 0.3 is 0 Å². The Kier molecular flexibility index (Phi) is 4.53. The Morgan fingerprint density at radius 1 is 0.958 bits per heavy atom. The van der Waals surface area contributed by atoms with Crippen molar-refractivity contribution in [2.45, 2.75) is 31.6 Å². The summed E-state index contributed by atoms with van der Waals surface area (Å²) in [5, 5.41) is 2.12. The summed E-state index contributed by atoms with van der Waals surface area (Å²) in [6, 6.07) is 14.8. The predicted molar refractivity (Wildman–Crippen MR) is 97.7 cm³/mol. The quantitative estimate of drug-likeness (QED) is 0.758. The summed E-state index contributed by atoms with van der Waals surface area (Å²) in [5.41, 5.74) is 2.02. The van der Waals surface area contributed by atoms with Crippen molar-refractivity contribution in [3.63, 3.8) is 0 Å². The second-order valence-corrected chi connectivity index (χ2v) is 7.24. The van der Waals surface area contributed by atoms with Crippen LogP contribution in [0.25, 0.3) is 10.8 Å². The molecular formula is C19H20N2O2S. The molecule has 0 aliphatic rings. The van der Waals surface area contributed by atoms with E-state index in [0.717, 1.165) is 22.8 Å². The Morgan fingerprint density at radius 3 is 2.46 bits per heavy atom. The van der Waals surface area contributed by atoms with Crippen LogP contribution in [0, 0.1) is 0 Å². The molecule has 0 saturated heterocycles. The van der Waals surface area contributed by atoms with E-state index in [0.29, 0.717) is 17.1 Å². The zero-order valence-corrected chi connectivity index (χ0v) is 14.6. The van der Waals surface area contributed by atoms with Crippen molar-refractivity contribution in [1.82, 2.24) is 4.98 Å². The largest absolute Gasteiger partial charge is 0.263 e. The first kappa shape index (κ1) is 16.5. The fourth-order valence-electron chi connectivity index (χ4n) is 3.03. The van der Waals surface area contributed by atoms with Crippen molar-refractivity contribution in [1.29, 1.82) is 0 Å². The van der Waals surface area contributed by atoms with Crippen LogP contribution in [-0.2, 0) is 22.9 Å². The van der Waals surface area contributed by atoms with Crippen LogP contribution in [0.1, 0.15) is 25.0 Å². The number of hydrogen-bond acceptors (Lipinski definition) is 3. The van der Waals surface area contributed by atoms with E-state index in [1.165, 1.54) is 5.56 Å². The molecule has 2 aromatic carbocycles. The smallest absolute Gasteiger partial charge is 0.263 e. The van der Waals surface area contributed by atoms with E-state index in [4.69, 9.17) is 0 Å². The molecule has 0 radical (unpaired) electrons. The number of hydrogen-bond donors (Lipinski definition) is 1. The molecule has 0 aliphatic carbocycles. The van der Waals surface area contributed by atoms with Gasteiger partial charge in [-0.2, -0.15) is 0 Å². The number of nitrogens with one attached hydrogen (secondary N) is 1. The van der Waals surface area contributed by atoms with Crippen LogP contribution in [0.5, 0.6) is 0 Å². The Hall–Kier alpha value is -2.40. The molecule has 1 N–H and O–H groups in total. The minimum atomic E-state index is -3.69. The minimum absolute atomic E-state index is 0.323. The van der Waals surface area contributed by atoms with E-state index in [-0.39, 0.29) is 0 Å². The van der Waals surface area contributed by atoms with Gasteiger partial charge in [-0.05, 0) is 52.9 Å². The summed E-state index contributed by atoms with van der Waals surface area (Å²) in [7, 11) is -3.69. The van der Waals surface area contributed by atoms with Gasteiger partial charge in [0.05, 0.1) is 4.90 Å². The van der Waals surface area contributed by atoms with Crippen LogP contribution in [0.4, 0.5) is 5.82 Å². The number of pyridine rings is 1. The van der Waals surface area contributed by atoms with Crippen LogP contribution in [0.3, 0.4) is 0 Å². The fourth-order valence-corrected chi connectivity index (χ4v) is 4.35. The summed E-state index contributed by atoms with van der Waals surface area (Å²) in [6.45, 7) is 4.07. The van der Waals surface area contributed by atoms with Crippen LogP contribution in [0.2, 0.25) is 0 Å². The Morgan fingerprint density at radius 2 is 1.79 bits per heavy atom. The lowest BCUT2D eigenvalue weighted by Crippen LogP contribution is -2.16. The summed E-state index contributed by atoms with van der Waals surface area (Å²) in [4.78, 5) is 4.37. The predicted octanol–water partition coefficient (Wildman–Crippen LogP) is 4.16. The van der Waals surface area contributed by atoms with E-state index in [2.05, 4.69) is 22.7 Å². The maximum Gasteiger partial charge on any atom is 0.263 e. The molecule has 0 fully saturated rings. The van der Waals surface area contributed by atoms with Crippen LogP contribution in [-0.4, -0.2) is 13.4 Å². The van der Waals surface area contributed by atoms with Crippen molar-refractivity contribution in [2.24, 2.45) is 0 Å². The van der Waals surface area contributed by atoms with Crippen molar-refractivity contribution in [3.05, 3.63) is 65.9 Å². The van der Waals surface area contributed by atoms with Crippen molar-refractivity contribution in [3.8, 4) is 0 Å². The van der Waals surface area contributed by atoms with Gasteiger partial charge in [0, 0.05) is 6.20 Å². The fraction of sp³-hybridized carbons (Fsp3) is 0.211. The molecule has 24 heavy (non-hydrogen) atoms. The molecule has 5 heteroatoms. The van der Waals surface area contributed by atoms with Gasteiger partial charge in [-0.25, -0.2) is 13.4 Å². The summed E-state index contributed by atoms with van der Waals surface area (Å²) < 4.78 is 28.3. The molecule has 3 rings (SSSR count). The third-order valence-corrected chi connectivity index (χ3v) is 5.56. The van der Waals surface area contributed by atoms with Gasteiger partial charge in [-0.15, -0.1) is 0 Å². The van der Waals surface area contributed by atoms with Gasteiger partial charge in [0.1, 0.15) is 5.82 Å². The number of nitrogens with zero attached hydrogens (tertiary/aromatic N) is 1. The third-order valence-electron chi connectivity index (χ3n) is 4.12. The highest BCUT2D eigenvalue weighted by molar-refractivity contribution is 7.92. The standard InChI is InChI=1S/C19H20N2O2S/c1-3-14-8-7-9-15-11-12-17(16(4-2)19(14)15)24(22,23)21-18-10-5-6-13-20-18/h5-13H,3-4H2,1-2H3,(H,20,21). The molecule has 3 aromatic rings. The van der Waals surface area contributed by atoms with Gasteiger partial charge < -0.3 is 0 Å². The zero-order valence-electron chi connectivity index (χ0n) is 13.8. The van der Waals surface area contributed by atoms with Crippen LogP contribution >= 0.6 is 0 Å². The second-order valence-electron chi connectivity index (χ2n) is 5.59. The van der Waals surface area contributed by atoms with E-state index in [9.17, 15) is 8.42 Å². The number of rotatable bonds is 5. The molecule has 0 spiro atoms. The molecule has 4 nitrogen and oxygen atoms in total. The normalized spacial score (nSPS) is 11.6. The Balaban J connectivity index is 2.19. The molecule has 124 valence electrons. The molecule has 0 unspecified atom stereocenters. The van der Waals surface area contributed by atoms with Crippen LogP contribution in [0.15, 0.2) is 59.6 Å². The zero-order chi connectivity index (χ0) is 17.2. The highest BCUT2D eigenvalue weighted by Gasteiger charge is 2.21. The minimum Gasteiger partial charge on any atom is -0.263 e. The van der Waals surface area contributed by atoms with Gasteiger partial charge in [0.2, 0.25) is 0 Å². The topological polar surface area (TPSA) is 59.1 Å². The average Bonchev–Trinajstić information content (AvgIpc) is 2.60. The van der Waals surface area contributed by atoms with E-state index >= 15 is 0 Å². The second kappa shape index (κ2) is 6.61. The molecule has 1 aromatic heterocycles. The van der Waals surface area contributed by atoms with Gasteiger partial charge in [0.15, 0.2) is 0 Å². The summed E-state index contributed by atoms with van der Waals surface area (Å²) in [6.07, 6.45) is 3.07. The number of anilines is 1. The molecular weight excluding hydrogens is 320 g/mol. The number of benzene rings is 2. The molecule has 0 atom stereocenters. The van der Waals surface area contributed by atoms with E-state index in [1.54, 1.807) is 30.5 Å². The van der Waals surface area contributed by atoms with Crippen molar-refractivity contribution >= 4 is 26.6 Å². The maximum absolute atomic E-state index is 12.9. The molecule has 0 aliphatic heterocycles. The van der Waals surface area contributed by atoms with Gasteiger partial charge in [-0.1, -0.05) is 44.2 Å². The highest BCUT2D eigenvalue weighted by atomic mass is 32.2. The highest BCUT2D eigenvalue weighted by Crippen LogP contribution is 2.30. The SMILES string of the molecule is CCc1cccc2ccc(S(=O)(=O)Nc3ccccn3)c(CC)c12. The van der Waals surface area contributed by atoms with Crippen LogP contribution < -0.4 is 4.72 Å². The first-order chi connectivity index (χ1) is 11.6. The Labute approximate surface area is 142 Å². The third kappa shape index (κ3) is 2.99. The summed E-state index contributed by atoms with van der Waals surface area (Å²) >= 11 is 0. The lowest BCUT2D eigenvalue weighted by molar-refractivity contribution is 0.600. The first-order valence-corrected chi connectivity index (χ1v) is 9.52. The van der Waals surface area contributed by atoms with Gasteiger partial charge in [0.25, 0.3) is 10.0 Å². The average molecular weight is 340 g/mol. The summed E-state index contributed by atoms with van der Waals surface area (Å²) in [5.74, 6) is 0.323. The lowest BCUT2D eigenvalue weighted by atomic mass is 9.96. The first-order valence-electron chi connectivity index (χ1n) is 8.04. The molecule has 0 saturated carbocycles. The number of sulfonamides is 1. The molecule has 1 heterocycles.